The maximum atomic E-state index is 12.4. The molecule has 1 N–H and O–H groups in total. The van der Waals surface area contributed by atoms with E-state index >= 15 is 0 Å². The van der Waals surface area contributed by atoms with E-state index in [0.29, 0.717) is 17.1 Å². The largest absolute Gasteiger partial charge is 0.497 e. The molecule has 1 aromatic carbocycles. The molecule has 2 aromatic rings. The molecule has 1 amide bonds. The van der Waals surface area contributed by atoms with Gasteiger partial charge in [0, 0.05) is 6.07 Å². The average molecular weight is 347 g/mol. The molecule has 0 aliphatic carbocycles. The van der Waals surface area contributed by atoms with Crippen LogP contribution in [0.1, 0.15) is 20.4 Å². The van der Waals surface area contributed by atoms with Crippen LogP contribution in [-0.4, -0.2) is 30.3 Å². The fourth-order valence-corrected chi connectivity index (χ4v) is 2.32. The zero-order valence-electron chi connectivity index (χ0n) is 12.1. The van der Waals surface area contributed by atoms with Crippen molar-refractivity contribution in [3.05, 3.63) is 33.8 Å². The fraction of sp³-hybridized carbons (Fsp3) is 0.308. The van der Waals surface area contributed by atoms with Gasteiger partial charge in [-0.25, -0.2) is 0 Å². The zero-order chi connectivity index (χ0) is 17.0. The highest BCUT2D eigenvalue weighted by Gasteiger charge is 2.35. The molecule has 0 atom stereocenters. The van der Waals surface area contributed by atoms with Gasteiger partial charge in [-0.3, -0.25) is 4.79 Å². The smallest absolute Gasteiger partial charge is 0.445 e. The van der Waals surface area contributed by atoms with Crippen molar-refractivity contribution in [3.8, 4) is 11.5 Å². The number of halogens is 3. The monoisotopic (exact) mass is 347 g/mol. The molecule has 1 aromatic heterocycles. The first-order valence-electron chi connectivity index (χ1n) is 6.25. The summed E-state index contributed by atoms with van der Waals surface area (Å²) in [5.74, 6) is 0.292. The lowest BCUT2D eigenvalue weighted by Gasteiger charge is -2.10. The number of rotatable bonds is 5. The molecule has 0 radical (unpaired) electrons. The summed E-state index contributed by atoms with van der Waals surface area (Å²) in [7, 11) is 2.87. The fourth-order valence-electron chi connectivity index (χ4n) is 1.68. The molecule has 0 saturated heterocycles. The molecule has 0 unspecified atom stereocenters. The number of carbonyl (C=O) groups excluding carboxylic acids is 1. The van der Waals surface area contributed by atoms with E-state index in [9.17, 15) is 18.0 Å². The van der Waals surface area contributed by atoms with E-state index in [4.69, 9.17) is 9.47 Å². The summed E-state index contributed by atoms with van der Waals surface area (Å²) < 4.78 is 47.4. The number of hydrogen-bond donors (Lipinski definition) is 1. The molecular formula is C13H12F3N3O3S. The molecule has 6 nitrogen and oxygen atoms in total. The van der Waals surface area contributed by atoms with Gasteiger partial charge in [-0.2, -0.15) is 13.2 Å². The second kappa shape index (κ2) is 6.82. The molecular weight excluding hydrogens is 335 g/mol. The first-order chi connectivity index (χ1) is 10.8. The van der Waals surface area contributed by atoms with Crippen LogP contribution in [0.3, 0.4) is 0 Å². The van der Waals surface area contributed by atoms with E-state index in [0.717, 1.165) is 0 Å². The zero-order valence-corrected chi connectivity index (χ0v) is 12.9. The molecule has 10 heteroatoms. The molecule has 124 valence electrons. The number of ether oxygens (including phenoxy) is 2. The summed E-state index contributed by atoms with van der Waals surface area (Å²) in [5, 5.41) is 7.92. The van der Waals surface area contributed by atoms with Crippen molar-refractivity contribution in [2.75, 3.05) is 14.2 Å². The minimum atomic E-state index is -4.54. The van der Waals surface area contributed by atoms with Crippen molar-refractivity contribution in [1.29, 1.82) is 0 Å². The second-order valence-electron chi connectivity index (χ2n) is 4.25. The van der Waals surface area contributed by atoms with Crippen molar-refractivity contribution >= 4 is 17.2 Å². The van der Waals surface area contributed by atoms with E-state index in [2.05, 4.69) is 15.5 Å². The molecule has 2 rings (SSSR count). The van der Waals surface area contributed by atoms with Crippen molar-refractivity contribution in [2.24, 2.45) is 0 Å². The van der Waals surface area contributed by atoms with Crippen LogP contribution in [0.2, 0.25) is 0 Å². The Labute approximate surface area is 133 Å². The number of amides is 1. The lowest BCUT2D eigenvalue weighted by molar-refractivity contribution is -0.138. The highest BCUT2D eigenvalue weighted by molar-refractivity contribution is 7.11. The SMILES string of the molecule is COc1ccc(C(=O)NCc2nnc(C(F)(F)F)s2)c(OC)c1. The average Bonchev–Trinajstić information content (AvgIpc) is 3.01. The molecule has 1 heterocycles. The Hall–Kier alpha value is -2.36. The van der Waals surface area contributed by atoms with Crippen molar-refractivity contribution < 1.29 is 27.4 Å². The van der Waals surface area contributed by atoms with Gasteiger partial charge < -0.3 is 14.8 Å². The third-order valence-electron chi connectivity index (χ3n) is 2.76. The van der Waals surface area contributed by atoms with Crippen molar-refractivity contribution in [3.63, 3.8) is 0 Å². The Morgan fingerprint density at radius 2 is 2.00 bits per heavy atom. The number of hydrogen-bond acceptors (Lipinski definition) is 6. The van der Waals surface area contributed by atoms with Crippen LogP contribution in [0.5, 0.6) is 11.5 Å². The van der Waals surface area contributed by atoms with E-state index in [1.54, 1.807) is 6.07 Å². The lowest BCUT2D eigenvalue weighted by Crippen LogP contribution is -2.23. The van der Waals surface area contributed by atoms with Crippen LogP contribution in [-0.2, 0) is 12.7 Å². The van der Waals surface area contributed by atoms with Crippen molar-refractivity contribution in [1.82, 2.24) is 15.5 Å². The van der Waals surface area contributed by atoms with Crippen LogP contribution < -0.4 is 14.8 Å². The first kappa shape index (κ1) is 17.0. The van der Waals surface area contributed by atoms with Gasteiger partial charge in [0.15, 0.2) is 0 Å². The molecule has 0 saturated carbocycles. The third-order valence-corrected chi connectivity index (χ3v) is 3.73. The number of benzene rings is 1. The van der Waals surface area contributed by atoms with Gasteiger partial charge >= 0.3 is 6.18 Å². The Morgan fingerprint density at radius 3 is 2.57 bits per heavy atom. The maximum absolute atomic E-state index is 12.4. The first-order valence-corrected chi connectivity index (χ1v) is 7.06. The predicted octanol–water partition coefficient (Wildman–Crippen LogP) is 2.50. The maximum Gasteiger partial charge on any atom is 0.445 e. The van der Waals surface area contributed by atoms with Gasteiger partial charge in [0.1, 0.15) is 16.5 Å². The van der Waals surface area contributed by atoms with Crippen molar-refractivity contribution in [2.45, 2.75) is 12.7 Å². The third kappa shape index (κ3) is 4.09. The molecule has 0 fully saturated rings. The molecule has 0 spiro atoms. The Balaban J connectivity index is 2.06. The standard InChI is InChI=1S/C13H12F3N3O3S/c1-21-7-3-4-8(9(5-7)22-2)11(20)17-6-10-18-19-12(23-10)13(14,15)16/h3-5H,6H2,1-2H3,(H,17,20). The Bertz CT molecular complexity index is 703. The van der Waals surface area contributed by atoms with E-state index in [1.807, 2.05) is 0 Å². The van der Waals surface area contributed by atoms with Gasteiger partial charge in [0.25, 0.3) is 5.91 Å². The van der Waals surface area contributed by atoms with Crippen LogP contribution in [0.15, 0.2) is 18.2 Å². The number of alkyl halides is 3. The Morgan fingerprint density at radius 1 is 1.26 bits per heavy atom. The number of nitrogens with one attached hydrogen (secondary N) is 1. The number of methoxy groups -OCH3 is 2. The summed E-state index contributed by atoms with van der Waals surface area (Å²) in [6.45, 7) is -0.165. The van der Waals surface area contributed by atoms with E-state index in [1.165, 1.54) is 26.4 Å². The van der Waals surface area contributed by atoms with Gasteiger partial charge in [-0.15, -0.1) is 10.2 Å². The highest BCUT2D eigenvalue weighted by Crippen LogP contribution is 2.31. The van der Waals surface area contributed by atoms with Crippen LogP contribution in [0.25, 0.3) is 0 Å². The van der Waals surface area contributed by atoms with Gasteiger partial charge in [-0.05, 0) is 12.1 Å². The predicted molar refractivity (Wildman–Crippen MR) is 75.6 cm³/mol. The topological polar surface area (TPSA) is 73.3 Å². The molecule has 0 aliphatic rings. The van der Waals surface area contributed by atoms with Gasteiger partial charge in [-0.1, -0.05) is 11.3 Å². The summed E-state index contributed by atoms with van der Waals surface area (Å²) in [6, 6.07) is 4.60. The summed E-state index contributed by atoms with van der Waals surface area (Å²) >= 11 is 0.380. The van der Waals surface area contributed by atoms with Crippen LogP contribution >= 0.6 is 11.3 Å². The molecule has 0 aliphatic heterocycles. The summed E-state index contributed by atoms with van der Waals surface area (Å²) in [4.78, 5) is 12.1. The van der Waals surface area contributed by atoms with E-state index < -0.39 is 17.1 Å². The van der Waals surface area contributed by atoms with Crippen LogP contribution in [0, 0.1) is 0 Å². The van der Waals surface area contributed by atoms with Crippen LogP contribution in [0.4, 0.5) is 13.2 Å². The second-order valence-corrected chi connectivity index (χ2v) is 5.31. The summed E-state index contributed by atoms with van der Waals surface area (Å²) in [6.07, 6.45) is -4.54. The lowest BCUT2D eigenvalue weighted by atomic mass is 10.1. The quantitative estimate of drug-likeness (QED) is 0.900. The molecule has 0 bridgehead atoms. The Kier molecular flexibility index (Phi) is 5.04. The minimum absolute atomic E-state index is 0.0538. The van der Waals surface area contributed by atoms with E-state index in [-0.39, 0.29) is 22.9 Å². The summed E-state index contributed by atoms with van der Waals surface area (Å²) in [5.41, 5.74) is 0.230. The number of nitrogens with zero attached hydrogens (tertiary/aromatic N) is 2. The molecule has 23 heavy (non-hydrogen) atoms. The number of aromatic nitrogens is 2. The minimum Gasteiger partial charge on any atom is -0.497 e. The number of carbonyl (C=O) groups is 1. The van der Waals surface area contributed by atoms with Gasteiger partial charge in [0.05, 0.1) is 26.3 Å². The van der Waals surface area contributed by atoms with Gasteiger partial charge in [0.2, 0.25) is 5.01 Å². The normalized spacial score (nSPS) is 11.2. The highest BCUT2D eigenvalue weighted by atomic mass is 32.1.